The number of hydrogen-bond donors (Lipinski definition) is 1. The van der Waals surface area contributed by atoms with Gasteiger partial charge < -0.3 is 15.1 Å². The molecule has 130 valence electrons. The monoisotopic (exact) mass is 339 g/mol. The van der Waals surface area contributed by atoms with E-state index in [2.05, 4.69) is 17.1 Å². The first-order valence-electron chi connectivity index (χ1n) is 8.65. The van der Waals surface area contributed by atoms with Crippen molar-refractivity contribution in [3.63, 3.8) is 0 Å². The summed E-state index contributed by atoms with van der Waals surface area (Å²) in [6.45, 7) is 9.19. The van der Waals surface area contributed by atoms with Gasteiger partial charge in [-0.05, 0) is 32.7 Å². The minimum Gasteiger partial charge on any atom is -0.351 e. The molecular formula is C17H29N3O2S. The molecule has 2 amide bonds. The number of rotatable bonds is 5. The number of allylic oxidation sites excluding steroid dienone is 1. The van der Waals surface area contributed by atoms with Crippen molar-refractivity contribution in [3.8, 4) is 0 Å². The summed E-state index contributed by atoms with van der Waals surface area (Å²) in [7, 11) is 0. The lowest BCUT2D eigenvalue weighted by molar-refractivity contribution is -0.135. The van der Waals surface area contributed by atoms with Gasteiger partial charge in [-0.25, -0.2) is 0 Å². The molecule has 0 aromatic rings. The summed E-state index contributed by atoms with van der Waals surface area (Å²) >= 11 is 1.66. The minimum absolute atomic E-state index is 0.00203. The standard InChI is InChI=1S/C17H29N3O2S/c1-4-6-13(3)17(22)20-12-23-11-15(20)16(21)18-14-7-9-19(5-2)10-8-14/h6,14-15H,4-5,7-12H2,1-3H3,(H,18,21)/b13-6-/t15-/m0/s1. The van der Waals surface area contributed by atoms with Crippen molar-refractivity contribution < 1.29 is 9.59 Å². The molecular weight excluding hydrogens is 310 g/mol. The van der Waals surface area contributed by atoms with E-state index in [0.717, 1.165) is 44.5 Å². The molecule has 0 saturated carbocycles. The lowest BCUT2D eigenvalue weighted by Gasteiger charge is -2.32. The number of likely N-dealkylation sites (tertiary alicyclic amines) is 1. The van der Waals surface area contributed by atoms with E-state index in [4.69, 9.17) is 0 Å². The Bertz CT molecular complexity index is 459. The van der Waals surface area contributed by atoms with Gasteiger partial charge in [0.1, 0.15) is 6.04 Å². The van der Waals surface area contributed by atoms with E-state index in [-0.39, 0.29) is 23.9 Å². The number of carbonyl (C=O) groups is 2. The molecule has 1 N–H and O–H groups in total. The normalized spacial score (nSPS) is 24.0. The average Bonchev–Trinajstić information content (AvgIpc) is 3.04. The van der Waals surface area contributed by atoms with E-state index in [1.165, 1.54) is 0 Å². The lowest BCUT2D eigenvalue weighted by Crippen LogP contribution is -2.52. The first kappa shape index (κ1) is 18.3. The van der Waals surface area contributed by atoms with E-state index < -0.39 is 0 Å². The molecule has 2 saturated heterocycles. The second-order valence-electron chi connectivity index (χ2n) is 6.30. The van der Waals surface area contributed by atoms with Crippen molar-refractivity contribution in [1.82, 2.24) is 15.1 Å². The summed E-state index contributed by atoms with van der Waals surface area (Å²) in [5.41, 5.74) is 0.740. The first-order valence-corrected chi connectivity index (χ1v) is 9.80. The number of nitrogens with zero attached hydrogens (tertiary/aromatic N) is 2. The van der Waals surface area contributed by atoms with Crippen LogP contribution < -0.4 is 5.32 Å². The third kappa shape index (κ3) is 4.73. The number of piperidine rings is 1. The number of thioether (sulfide) groups is 1. The highest BCUT2D eigenvalue weighted by Crippen LogP contribution is 2.23. The van der Waals surface area contributed by atoms with Crippen molar-refractivity contribution in [2.24, 2.45) is 0 Å². The van der Waals surface area contributed by atoms with Crippen LogP contribution in [0.15, 0.2) is 11.6 Å². The van der Waals surface area contributed by atoms with Gasteiger partial charge in [-0.3, -0.25) is 9.59 Å². The second-order valence-corrected chi connectivity index (χ2v) is 7.30. The Kier molecular flexibility index (Phi) is 6.96. The van der Waals surface area contributed by atoms with E-state index >= 15 is 0 Å². The zero-order valence-electron chi connectivity index (χ0n) is 14.5. The van der Waals surface area contributed by atoms with Crippen LogP contribution in [0.2, 0.25) is 0 Å². The van der Waals surface area contributed by atoms with Crippen LogP contribution in [0.3, 0.4) is 0 Å². The second kappa shape index (κ2) is 8.73. The number of hydrogen-bond acceptors (Lipinski definition) is 4. The quantitative estimate of drug-likeness (QED) is 0.777. The Morgan fingerprint density at radius 2 is 1.96 bits per heavy atom. The summed E-state index contributed by atoms with van der Waals surface area (Å²) in [5.74, 6) is 1.32. The third-order valence-electron chi connectivity index (χ3n) is 4.67. The maximum absolute atomic E-state index is 12.6. The van der Waals surface area contributed by atoms with Crippen molar-refractivity contribution in [1.29, 1.82) is 0 Å². The van der Waals surface area contributed by atoms with Gasteiger partial charge in [0.2, 0.25) is 5.91 Å². The molecule has 1 atom stereocenters. The van der Waals surface area contributed by atoms with Crippen LogP contribution >= 0.6 is 11.8 Å². The zero-order chi connectivity index (χ0) is 16.8. The fourth-order valence-electron chi connectivity index (χ4n) is 3.17. The largest absolute Gasteiger partial charge is 0.351 e. The van der Waals surface area contributed by atoms with Crippen LogP contribution in [0, 0.1) is 0 Å². The molecule has 6 heteroatoms. The van der Waals surface area contributed by atoms with Crippen LogP contribution in [0.5, 0.6) is 0 Å². The van der Waals surface area contributed by atoms with Crippen LogP contribution in [-0.2, 0) is 9.59 Å². The molecule has 0 spiro atoms. The number of carbonyl (C=O) groups excluding carboxylic acids is 2. The van der Waals surface area contributed by atoms with E-state index in [1.807, 2.05) is 19.9 Å². The van der Waals surface area contributed by atoms with Crippen LogP contribution in [0.1, 0.15) is 40.0 Å². The SMILES string of the molecule is CC/C=C(/C)C(=O)N1CSC[C@H]1C(=O)NC1CCN(CC)CC1. The number of amides is 2. The molecule has 5 nitrogen and oxygen atoms in total. The summed E-state index contributed by atoms with van der Waals surface area (Å²) in [6, 6.07) is -0.0722. The highest BCUT2D eigenvalue weighted by Gasteiger charge is 2.36. The summed E-state index contributed by atoms with van der Waals surface area (Å²) < 4.78 is 0. The van der Waals surface area contributed by atoms with Crippen LogP contribution in [0.4, 0.5) is 0 Å². The van der Waals surface area contributed by atoms with E-state index in [0.29, 0.717) is 11.6 Å². The molecule has 0 unspecified atom stereocenters. The van der Waals surface area contributed by atoms with Crippen molar-refractivity contribution in [2.75, 3.05) is 31.3 Å². The Morgan fingerprint density at radius 1 is 1.26 bits per heavy atom. The highest BCUT2D eigenvalue weighted by atomic mass is 32.2. The van der Waals surface area contributed by atoms with Crippen molar-refractivity contribution in [3.05, 3.63) is 11.6 Å². The van der Waals surface area contributed by atoms with Gasteiger partial charge in [0.15, 0.2) is 0 Å². The topological polar surface area (TPSA) is 52.7 Å². The Balaban J connectivity index is 1.91. The van der Waals surface area contributed by atoms with Crippen molar-refractivity contribution >= 4 is 23.6 Å². The smallest absolute Gasteiger partial charge is 0.250 e. The first-order chi connectivity index (χ1) is 11.1. The highest BCUT2D eigenvalue weighted by molar-refractivity contribution is 7.99. The fraction of sp³-hybridized carbons (Fsp3) is 0.765. The van der Waals surface area contributed by atoms with E-state index in [1.54, 1.807) is 16.7 Å². The fourth-order valence-corrected chi connectivity index (χ4v) is 4.32. The molecule has 0 bridgehead atoms. The summed E-state index contributed by atoms with van der Waals surface area (Å²) in [6.07, 6.45) is 4.77. The third-order valence-corrected chi connectivity index (χ3v) is 5.69. The summed E-state index contributed by atoms with van der Waals surface area (Å²) in [5, 5.41) is 3.17. The van der Waals surface area contributed by atoms with Gasteiger partial charge in [-0.2, -0.15) is 0 Å². The Labute approximate surface area is 143 Å². The molecule has 23 heavy (non-hydrogen) atoms. The number of nitrogens with one attached hydrogen (secondary N) is 1. The average molecular weight is 340 g/mol. The summed E-state index contributed by atoms with van der Waals surface area (Å²) in [4.78, 5) is 29.2. The zero-order valence-corrected chi connectivity index (χ0v) is 15.3. The lowest BCUT2D eigenvalue weighted by atomic mass is 10.0. The molecule has 0 aromatic heterocycles. The minimum atomic E-state index is -0.322. The molecule has 2 fully saturated rings. The molecule has 0 aromatic carbocycles. The van der Waals surface area contributed by atoms with Gasteiger partial charge in [0.25, 0.3) is 5.91 Å². The molecule has 2 rings (SSSR count). The molecule has 0 radical (unpaired) electrons. The van der Waals surface area contributed by atoms with Gasteiger partial charge in [-0.1, -0.05) is 19.9 Å². The maximum atomic E-state index is 12.6. The van der Waals surface area contributed by atoms with E-state index in [9.17, 15) is 9.59 Å². The molecule has 2 heterocycles. The Hall–Kier alpha value is -1.01. The predicted molar refractivity (Wildman–Crippen MR) is 95.3 cm³/mol. The van der Waals surface area contributed by atoms with Crippen molar-refractivity contribution in [2.45, 2.75) is 52.1 Å². The molecule has 2 aliphatic rings. The van der Waals surface area contributed by atoms with Crippen LogP contribution in [0.25, 0.3) is 0 Å². The van der Waals surface area contributed by atoms with Gasteiger partial charge in [-0.15, -0.1) is 11.8 Å². The van der Waals surface area contributed by atoms with Gasteiger partial charge in [0, 0.05) is 30.5 Å². The predicted octanol–water partition coefficient (Wildman–Crippen LogP) is 1.84. The van der Waals surface area contributed by atoms with Gasteiger partial charge in [0.05, 0.1) is 5.88 Å². The van der Waals surface area contributed by atoms with Gasteiger partial charge >= 0.3 is 0 Å². The molecule has 2 aliphatic heterocycles. The maximum Gasteiger partial charge on any atom is 0.250 e. The molecule has 0 aliphatic carbocycles. The van der Waals surface area contributed by atoms with Crippen LogP contribution in [-0.4, -0.2) is 65.0 Å². The Morgan fingerprint density at radius 3 is 2.57 bits per heavy atom.